The molecule has 0 aliphatic carbocycles. The van der Waals surface area contributed by atoms with Crippen LogP contribution in [0.5, 0.6) is 0 Å². The molecule has 8 heteroatoms. The van der Waals surface area contributed by atoms with Gasteiger partial charge in [-0.15, -0.1) is 10.2 Å². The monoisotopic (exact) mass is 470 g/mol. The molecule has 0 aliphatic rings. The molecule has 0 spiro atoms. The zero-order valence-electron chi connectivity index (χ0n) is 18.9. The summed E-state index contributed by atoms with van der Waals surface area (Å²) in [5.74, 6) is -0.101. The number of fused-ring (bicyclic) bond motifs is 3. The zero-order valence-corrected chi connectivity index (χ0v) is 19.7. The number of para-hydroxylation sites is 2. The van der Waals surface area contributed by atoms with Gasteiger partial charge in [-0.1, -0.05) is 48.2 Å². The third-order valence-electron chi connectivity index (χ3n) is 5.77. The van der Waals surface area contributed by atoms with Gasteiger partial charge in [0.15, 0.2) is 11.3 Å². The highest BCUT2D eigenvalue weighted by atomic mass is 32.2. The van der Waals surface area contributed by atoms with Crippen molar-refractivity contribution in [3.63, 3.8) is 0 Å². The Morgan fingerprint density at radius 2 is 1.47 bits per heavy atom. The number of carbonyl (C=O) groups is 2. The predicted octanol–water partition coefficient (Wildman–Crippen LogP) is 5.29. The lowest BCUT2D eigenvalue weighted by Crippen LogP contribution is -2.29. The first-order valence-electron chi connectivity index (χ1n) is 10.8. The summed E-state index contributed by atoms with van der Waals surface area (Å²) in [6, 6.07) is 22.4. The molecule has 0 saturated carbocycles. The number of esters is 1. The molecule has 0 aliphatic heterocycles. The fraction of sp³-hybridized carbons (Fsp3) is 0.154. The minimum absolute atomic E-state index is 0.299. The molecule has 0 saturated heterocycles. The molecule has 1 unspecified atom stereocenters. The van der Waals surface area contributed by atoms with E-state index in [-0.39, 0.29) is 5.91 Å². The van der Waals surface area contributed by atoms with Gasteiger partial charge in [0.05, 0.1) is 16.6 Å². The van der Waals surface area contributed by atoms with Gasteiger partial charge in [-0.2, -0.15) is 0 Å². The maximum Gasteiger partial charge on any atom is 0.338 e. The zero-order chi connectivity index (χ0) is 23.8. The van der Waals surface area contributed by atoms with Crippen molar-refractivity contribution in [3.8, 4) is 5.69 Å². The van der Waals surface area contributed by atoms with E-state index in [9.17, 15) is 9.59 Å². The normalized spacial score (nSPS) is 12.2. The van der Waals surface area contributed by atoms with Crippen LogP contribution in [0.2, 0.25) is 0 Å². The molecule has 0 N–H and O–H groups in total. The van der Waals surface area contributed by atoms with E-state index in [1.807, 2.05) is 78.4 Å². The Morgan fingerprint density at radius 3 is 2.06 bits per heavy atom. The van der Waals surface area contributed by atoms with E-state index < -0.39 is 12.1 Å². The molecular formula is C26H22N4O3S. The van der Waals surface area contributed by atoms with E-state index in [2.05, 4.69) is 10.2 Å². The largest absolute Gasteiger partial charge is 0.449 e. The lowest BCUT2D eigenvalue weighted by Gasteiger charge is -2.15. The Hall–Kier alpha value is -3.91. The molecular weight excluding hydrogens is 448 g/mol. The van der Waals surface area contributed by atoms with E-state index in [1.165, 1.54) is 11.8 Å². The topological polar surface area (TPSA) is 79.0 Å². The average Bonchev–Trinajstić information content (AvgIpc) is 3.41. The highest BCUT2D eigenvalue weighted by Gasteiger charge is 2.24. The highest BCUT2D eigenvalue weighted by Crippen LogP contribution is 2.29. The van der Waals surface area contributed by atoms with Gasteiger partial charge in [0.1, 0.15) is 5.82 Å². The second kappa shape index (κ2) is 8.79. The number of thioether (sulfide) groups is 1. The molecule has 3 aromatic carbocycles. The summed E-state index contributed by atoms with van der Waals surface area (Å²) >= 11 is 1.49. The van der Waals surface area contributed by atoms with Gasteiger partial charge >= 0.3 is 5.97 Å². The van der Waals surface area contributed by atoms with Gasteiger partial charge in [-0.05, 0) is 56.5 Å². The van der Waals surface area contributed by atoms with Crippen LogP contribution in [0, 0.1) is 6.92 Å². The maximum absolute atomic E-state index is 13.4. The quantitative estimate of drug-likeness (QED) is 0.256. The summed E-state index contributed by atoms with van der Waals surface area (Å²) in [5.41, 5.74) is 2.78. The van der Waals surface area contributed by atoms with Crippen molar-refractivity contribution in [3.05, 3.63) is 84.2 Å². The van der Waals surface area contributed by atoms with Crippen molar-refractivity contribution in [2.75, 3.05) is 6.26 Å². The van der Waals surface area contributed by atoms with Gasteiger partial charge in [0.25, 0.3) is 5.91 Å². The molecule has 0 fully saturated rings. The van der Waals surface area contributed by atoms with Gasteiger partial charge in [0, 0.05) is 16.5 Å². The van der Waals surface area contributed by atoms with Crippen molar-refractivity contribution in [2.45, 2.75) is 25.1 Å². The molecule has 5 rings (SSSR count). The lowest BCUT2D eigenvalue weighted by atomic mass is 10.2. The predicted molar refractivity (Wildman–Crippen MR) is 133 cm³/mol. The van der Waals surface area contributed by atoms with Crippen LogP contribution < -0.4 is 0 Å². The average molecular weight is 471 g/mol. The van der Waals surface area contributed by atoms with Crippen LogP contribution in [0.4, 0.5) is 0 Å². The van der Waals surface area contributed by atoms with Crippen LogP contribution in [0.15, 0.2) is 78.0 Å². The fourth-order valence-corrected chi connectivity index (χ4v) is 4.68. The molecule has 5 aromatic rings. The van der Waals surface area contributed by atoms with E-state index in [4.69, 9.17) is 4.74 Å². The standard InChI is InChI=1S/C26H22N4O3S/c1-16(24(31)30-22-10-6-4-8-20(22)21-9-5-7-11-23(21)30)33-25(32)18-12-14-19(15-13-18)29-17(2)27-28-26(29)34-3/h4-16H,1-3H3. The van der Waals surface area contributed by atoms with Crippen molar-refractivity contribution < 1.29 is 14.3 Å². The van der Waals surface area contributed by atoms with Crippen LogP contribution in [-0.4, -0.2) is 43.6 Å². The Morgan fingerprint density at radius 1 is 0.882 bits per heavy atom. The molecule has 2 heterocycles. The Labute approximate surface area is 200 Å². The summed E-state index contributed by atoms with van der Waals surface area (Å²) in [7, 11) is 0. The van der Waals surface area contributed by atoms with E-state index >= 15 is 0 Å². The molecule has 2 aromatic heterocycles. The maximum atomic E-state index is 13.4. The number of aryl methyl sites for hydroxylation is 1. The van der Waals surface area contributed by atoms with E-state index in [0.29, 0.717) is 5.56 Å². The van der Waals surface area contributed by atoms with Crippen LogP contribution in [0.3, 0.4) is 0 Å². The first kappa shape index (κ1) is 21.9. The van der Waals surface area contributed by atoms with Gasteiger partial charge in [-0.3, -0.25) is 13.9 Å². The Balaban J connectivity index is 1.40. The minimum Gasteiger partial charge on any atom is -0.449 e. The van der Waals surface area contributed by atoms with Crippen molar-refractivity contribution in [1.29, 1.82) is 0 Å². The van der Waals surface area contributed by atoms with Gasteiger partial charge < -0.3 is 4.74 Å². The first-order valence-corrected chi connectivity index (χ1v) is 12.0. The van der Waals surface area contributed by atoms with E-state index in [1.54, 1.807) is 23.6 Å². The van der Waals surface area contributed by atoms with Crippen LogP contribution in [-0.2, 0) is 4.74 Å². The second-order valence-corrected chi connectivity index (χ2v) is 8.65. The smallest absolute Gasteiger partial charge is 0.338 e. The fourth-order valence-electron chi connectivity index (χ4n) is 4.14. The summed E-state index contributed by atoms with van der Waals surface area (Å²) in [4.78, 5) is 26.2. The van der Waals surface area contributed by atoms with Gasteiger partial charge in [-0.25, -0.2) is 4.79 Å². The Kier molecular flexibility index (Phi) is 5.67. The molecule has 7 nitrogen and oxygen atoms in total. The number of rotatable bonds is 5. The van der Waals surface area contributed by atoms with Crippen molar-refractivity contribution in [1.82, 2.24) is 19.3 Å². The van der Waals surface area contributed by atoms with Crippen LogP contribution >= 0.6 is 11.8 Å². The molecule has 1 atom stereocenters. The number of aromatic nitrogens is 4. The molecule has 0 radical (unpaired) electrons. The number of hydrogen-bond donors (Lipinski definition) is 0. The summed E-state index contributed by atoms with van der Waals surface area (Å²) < 4.78 is 9.11. The van der Waals surface area contributed by atoms with Crippen molar-refractivity contribution in [2.24, 2.45) is 0 Å². The molecule has 34 heavy (non-hydrogen) atoms. The number of benzene rings is 3. The van der Waals surface area contributed by atoms with Crippen molar-refractivity contribution >= 4 is 45.4 Å². The summed E-state index contributed by atoms with van der Waals surface area (Å²) in [5, 5.41) is 11.0. The summed E-state index contributed by atoms with van der Waals surface area (Å²) in [6.07, 6.45) is 0.968. The third kappa shape index (κ3) is 3.66. The van der Waals surface area contributed by atoms with Crippen LogP contribution in [0.1, 0.15) is 27.9 Å². The third-order valence-corrected chi connectivity index (χ3v) is 6.40. The SMILES string of the molecule is CSc1nnc(C)n1-c1ccc(C(=O)OC(C)C(=O)n2c3ccccc3c3ccccc32)cc1. The van der Waals surface area contributed by atoms with E-state index in [0.717, 1.165) is 38.5 Å². The summed E-state index contributed by atoms with van der Waals surface area (Å²) in [6.45, 7) is 3.47. The highest BCUT2D eigenvalue weighted by molar-refractivity contribution is 7.98. The van der Waals surface area contributed by atoms with Gasteiger partial charge in [0.2, 0.25) is 0 Å². The Bertz CT molecular complexity index is 1480. The first-order chi connectivity index (χ1) is 16.5. The number of carbonyl (C=O) groups excluding carboxylic acids is 2. The number of nitrogens with zero attached hydrogens (tertiary/aromatic N) is 4. The molecule has 170 valence electrons. The number of ether oxygens (including phenoxy) is 1. The number of hydrogen-bond acceptors (Lipinski definition) is 6. The lowest BCUT2D eigenvalue weighted by molar-refractivity contribution is 0.0288. The minimum atomic E-state index is -0.963. The van der Waals surface area contributed by atoms with Crippen LogP contribution in [0.25, 0.3) is 27.5 Å². The molecule has 0 bridgehead atoms. The molecule has 0 amide bonds. The second-order valence-electron chi connectivity index (χ2n) is 7.87.